The second-order valence-electron chi connectivity index (χ2n) is 13.3. The van der Waals surface area contributed by atoms with Crippen molar-refractivity contribution >= 4 is 43.6 Å². The first kappa shape index (κ1) is 31.0. The molecule has 250 valence electrons. The molecular formula is C49H29N5. The van der Waals surface area contributed by atoms with Crippen LogP contribution in [0.25, 0.3) is 88.6 Å². The zero-order valence-corrected chi connectivity index (χ0v) is 29.0. The van der Waals surface area contributed by atoms with E-state index in [4.69, 9.17) is 4.98 Å². The van der Waals surface area contributed by atoms with Gasteiger partial charge in [-0.15, -0.1) is 0 Å². The zero-order chi connectivity index (χ0) is 36.2. The van der Waals surface area contributed by atoms with Gasteiger partial charge in [-0.05, 0) is 48.0 Å². The average molecular weight is 688 g/mol. The Kier molecular flexibility index (Phi) is 7.18. The summed E-state index contributed by atoms with van der Waals surface area (Å²) in [5.41, 5.74) is 11.3. The molecule has 0 radical (unpaired) electrons. The molecule has 0 saturated carbocycles. The Balaban J connectivity index is 1.40. The predicted molar refractivity (Wildman–Crippen MR) is 219 cm³/mol. The molecule has 0 saturated heterocycles. The van der Waals surface area contributed by atoms with Crippen molar-refractivity contribution < 1.29 is 0 Å². The minimum atomic E-state index is 0.368. The first-order chi connectivity index (χ1) is 26.8. The van der Waals surface area contributed by atoms with E-state index in [2.05, 4.69) is 118 Å². The minimum Gasteiger partial charge on any atom is -0.309 e. The normalized spacial score (nSPS) is 11.3. The summed E-state index contributed by atoms with van der Waals surface area (Å²) < 4.78 is 4.69. The molecule has 54 heavy (non-hydrogen) atoms. The topological polar surface area (TPSA) is 70.3 Å². The number of aromatic nitrogens is 3. The lowest BCUT2D eigenvalue weighted by atomic mass is 9.89. The van der Waals surface area contributed by atoms with Crippen LogP contribution in [-0.2, 0) is 0 Å². The summed E-state index contributed by atoms with van der Waals surface area (Å²) in [6.07, 6.45) is 0. The summed E-state index contributed by atoms with van der Waals surface area (Å²) in [7, 11) is 0. The molecule has 0 amide bonds. The molecule has 10 rings (SSSR count). The molecule has 0 N–H and O–H groups in total. The molecule has 0 fully saturated rings. The van der Waals surface area contributed by atoms with E-state index in [0.717, 1.165) is 71.7 Å². The largest absolute Gasteiger partial charge is 0.309 e. The maximum absolute atomic E-state index is 11.0. The van der Waals surface area contributed by atoms with E-state index in [9.17, 15) is 10.5 Å². The minimum absolute atomic E-state index is 0.368. The predicted octanol–water partition coefficient (Wildman–Crippen LogP) is 12.0. The van der Waals surface area contributed by atoms with E-state index in [1.54, 1.807) is 0 Å². The van der Waals surface area contributed by atoms with Crippen molar-refractivity contribution in [2.45, 2.75) is 0 Å². The Labute approximate surface area is 311 Å². The van der Waals surface area contributed by atoms with Crippen molar-refractivity contribution in [3.63, 3.8) is 0 Å². The molecule has 5 heteroatoms. The molecule has 0 aliphatic heterocycles. The summed E-state index contributed by atoms with van der Waals surface area (Å²) in [6.45, 7) is 0. The standard InChI is InChI=1S/C49H29N5/c50-30-39-44(32-16-5-1-6-17-32)40(31-51)48(52-47(39)33-18-7-2-8-19-33)37-25-15-27-42-45(37)38-28-29-43-46(49(38)54(42)35-22-11-4-12-23-35)36-24-13-14-26-41(36)53(43)34-20-9-3-10-21-34/h1-29H. The molecular weight excluding hydrogens is 659 g/mol. The number of nitrogens with zero attached hydrogens (tertiary/aromatic N) is 5. The fourth-order valence-electron chi connectivity index (χ4n) is 8.20. The van der Waals surface area contributed by atoms with Gasteiger partial charge >= 0.3 is 0 Å². The van der Waals surface area contributed by atoms with Crippen LogP contribution in [0.15, 0.2) is 176 Å². The van der Waals surface area contributed by atoms with Crippen molar-refractivity contribution in [2.24, 2.45) is 0 Å². The van der Waals surface area contributed by atoms with Crippen LogP contribution >= 0.6 is 0 Å². The average Bonchev–Trinajstić information content (AvgIpc) is 3.77. The van der Waals surface area contributed by atoms with E-state index >= 15 is 0 Å². The molecule has 3 heterocycles. The van der Waals surface area contributed by atoms with Gasteiger partial charge in [-0.3, -0.25) is 0 Å². The first-order valence-corrected chi connectivity index (χ1v) is 17.9. The van der Waals surface area contributed by atoms with Crippen molar-refractivity contribution in [3.8, 4) is 57.2 Å². The number of hydrogen-bond acceptors (Lipinski definition) is 3. The Bertz CT molecular complexity index is 3150. The number of rotatable bonds is 5. The Morgan fingerprint density at radius 2 is 0.944 bits per heavy atom. The van der Waals surface area contributed by atoms with Crippen LogP contribution < -0.4 is 0 Å². The number of pyridine rings is 1. The maximum atomic E-state index is 11.0. The van der Waals surface area contributed by atoms with E-state index in [1.165, 1.54) is 0 Å². The lowest BCUT2D eigenvalue weighted by Crippen LogP contribution is -2.02. The van der Waals surface area contributed by atoms with Gasteiger partial charge in [0.05, 0.1) is 44.6 Å². The molecule has 0 aliphatic rings. The summed E-state index contributed by atoms with van der Waals surface area (Å²) in [6, 6.07) is 64.7. The molecule has 0 atom stereocenters. The van der Waals surface area contributed by atoms with Crippen molar-refractivity contribution in [3.05, 3.63) is 187 Å². The molecule has 7 aromatic carbocycles. The van der Waals surface area contributed by atoms with Crippen LogP contribution in [0.5, 0.6) is 0 Å². The van der Waals surface area contributed by atoms with Crippen LogP contribution in [0.2, 0.25) is 0 Å². The van der Waals surface area contributed by atoms with E-state index in [-0.39, 0.29) is 0 Å². The number of fused-ring (bicyclic) bond motifs is 7. The van der Waals surface area contributed by atoms with Gasteiger partial charge in [0, 0.05) is 49.6 Å². The van der Waals surface area contributed by atoms with Crippen molar-refractivity contribution in [2.75, 3.05) is 0 Å². The smallest absolute Gasteiger partial charge is 0.102 e. The molecule has 10 aromatic rings. The number of benzene rings is 7. The van der Waals surface area contributed by atoms with Crippen LogP contribution in [0.3, 0.4) is 0 Å². The Morgan fingerprint density at radius 1 is 0.407 bits per heavy atom. The fraction of sp³-hybridized carbons (Fsp3) is 0. The highest BCUT2D eigenvalue weighted by molar-refractivity contribution is 6.28. The summed E-state index contributed by atoms with van der Waals surface area (Å²) >= 11 is 0. The second kappa shape index (κ2) is 12.5. The highest BCUT2D eigenvalue weighted by Gasteiger charge is 2.27. The molecule has 5 nitrogen and oxygen atoms in total. The maximum Gasteiger partial charge on any atom is 0.102 e. The van der Waals surface area contributed by atoms with Gasteiger partial charge in [0.2, 0.25) is 0 Å². The Morgan fingerprint density at radius 3 is 1.61 bits per heavy atom. The SMILES string of the molecule is N#Cc1c(-c2ccccc2)nc(-c2cccc3c2c2ccc4c(c5ccccc5n4-c4ccccc4)c2n3-c2ccccc2)c(C#N)c1-c1ccccc1. The van der Waals surface area contributed by atoms with Gasteiger partial charge in [-0.1, -0.05) is 133 Å². The first-order valence-electron chi connectivity index (χ1n) is 17.9. The quantitative estimate of drug-likeness (QED) is 0.181. The van der Waals surface area contributed by atoms with Gasteiger partial charge in [0.1, 0.15) is 12.1 Å². The van der Waals surface area contributed by atoms with Crippen molar-refractivity contribution in [1.29, 1.82) is 10.5 Å². The third kappa shape index (κ3) is 4.60. The number of para-hydroxylation sites is 3. The van der Waals surface area contributed by atoms with E-state index in [0.29, 0.717) is 28.1 Å². The van der Waals surface area contributed by atoms with Gasteiger partial charge in [-0.25, -0.2) is 4.98 Å². The lowest BCUT2D eigenvalue weighted by molar-refractivity contribution is 1.17. The third-order valence-electron chi connectivity index (χ3n) is 10.4. The van der Waals surface area contributed by atoms with Crippen LogP contribution in [-0.4, -0.2) is 14.1 Å². The van der Waals surface area contributed by atoms with E-state index < -0.39 is 0 Å². The molecule has 0 aliphatic carbocycles. The van der Waals surface area contributed by atoms with E-state index in [1.807, 2.05) is 78.9 Å². The zero-order valence-electron chi connectivity index (χ0n) is 29.0. The second-order valence-corrected chi connectivity index (χ2v) is 13.3. The monoisotopic (exact) mass is 687 g/mol. The van der Waals surface area contributed by atoms with Crippen LogP contribution in [0.4, 0.5) is 0 Å². The molecule has 0 unspecified atom stereocenters. The van der Waals surface area contributed by atoms with Gasteiger partial charge in [0.15, 0.2) is 0 Å². The van der Waals surface area contributed by atoms with Crippen molar-refractivity contribution in [1.82, 2.24) is 14.1 Å². The lowest BCUT2D eigenvalue weighted by Gasteiger charge is -2.16. The molecule has 3 aromatic heterocycles. The highest BCUT2D eigenvalue weighted by atomic mass is 15.0. The Hall–Kier alpha value is -7.73. The van der Waals surface area contributed by atoms with Crippen LogP contribution in [0.1, 0.15) is 11.1 Å². The molecule has 0 bridgehead atoms. The summed E-state index contributed by atoms with van der Waals surface area (Å²) in [4.78, 5) is 5.28. The van der Waals surface area contributed by atoms with Gasteiger partial charge in [-0.2, -0.15) is 10.5 Å². The summed E-state index contributed by atoms with van der Waals surface area (Å²) in [5, 5.41) is 26.1. The van der Waals surface area contributed by atoms with Gasteiger partial charge < -0.3 is 9.13 Å². The molecule has 0 spiro atoms. The summed E-state index contributed by atoms with van der Waals surface area (Å²) in [5.74, 6) is 0. The fourth-order valence-corrected chi connectivity index (χ4v) is 8.20. The van der Waals surface area contributed by atoms with Crippen LogP contribution in [0, 0.1) is 22.7 Å². The number of nitriles is 2. The highest BCUT2D eigenvalue weighted by Crippen LogP contribution is 2.46. The van der Waals surface area contributed by atoms with Gasteiger partial charge in [0.25, 0.3) is 0 Å². The number of hydrogen-bond donors (Lipinski definition) is 0. The third-order valence-corrected chi connectivity index (χ3v) is 10.4.